The fourth-order valence-electron chi connectivity index (χ4n) is 10.3. The number of pyridine rings is 2. The van der Waals surface area contributed by atoms with E-state index in [0.29, 0.717) is 61.0 Å². The van der Waals surface area contributed by atoms with Gasteiger partial charge in [-0.05, 0) is 86.0 Å². The maximum absolute atomic E-state index is 12.6. The lowest BCUT2D eigenvalue weighted by Crippen LogP contribution is -2.48. The van der Waals surface area contributed by atoms with Crippen molar-refractivity contribution in [3.8, 4) is 12.1 Å². The Hall–Kier alpha value is -5.06. The summed E-state index contributed by atoms with van der Waals surface area (Å²) in [5, 5.41) is 27.2. The van der Waals surface area contributed by atoms with Crippen molar-refractivity contribution < 1.29 is 9.59 Å². The molecule has 8 rings (SSSR count). The van der Waals surface area contributed by atoms with Crippen molar-refractivity contribution >= 4 is 33.6 Å². The fraction of sp³-hybridized carbons (Fsp3) is 0.560. The Labute approximate surface area is 380 Å². The number of likely N-dealkylation sites (tertiary alicyclic amines) is 2. The number of hydrogen-bond donors (Lipinski definition) is 2. The van der Waals surface area contributed by atoms with Crippen LogP contribution in [0.5, 0.6) is 0 Å². The molecule has 14 nitrogen and oxygen atoms in total. The number of fused-ring (bicyclic) bond motifs is 2. The van der Waals surface area contributed by atoms with Crippen molar-refractivity contribution in [1.29, 1.82) is 10.5 Å². The summed E-state index contributed by atoms with van der Waals surface area (Å²) in [7, 11) is 4.31. The number of nitrogens with one attached hydrogen (secondary N) is 2. The normalized spacial score (nSPS) is 23.2. The molecule has 0 aliphatic carbocycles. The van der Waals surface area contributed by atoms with E-state index in [1.54, 1.807) is 12.4 Å². The van der Waals surface area contributed by atoms with Gasteiger partial charge in [-0.1, -0.05) is 38.1 Å². The zero-order valence-corrected chi connectivity index (χ0v) is 38.5. The Morgan fingerprint density at radius 1 is 0.594 bits per heavy atom. The first-order valence-corrected chi connectivity index (χ1v) is 23.4. The second-order valence-electron chi connectivity index (χ2n) is 18.9. The minimum atomic E-state index is 0.110. The molecule has 4 fully saturated rings. The van der Waals surface area contributed by atoms with Gasteiger partial charge in [-0.3, -0.25) is 39.2 Å². The van der Waals surface area contributed by atoms with Gasteiger partial charge in [-0.2, -0.15) is 10.5 Å². The lowest BCUT2D eigenvalue weighted by atomic mass is 9.83. The molecule has 4 saturated heterocycles. The highest BCUT2D eigenvalue weighted by molar-refractivity contribution is 5.88. The van der Waals surface area contributed by atoms with E-state index >= 15 is 0 Å². The van der Waals surface area contributed by atoms with Gasteiger partial charge in [0.2, 0.25) is 11.8 Å². The highest BCUT2D eigenvalue weighted by atomic mass is 16.2. The number of nitrogens with zero attached hydrogens (tertiary/aromatic N) is 10. The third-order valence-electron chi connectivity index (χ3n) is 13.6. The Balaban J connectivity index is 0.000000191. The maximum atomic E-state index is 12.6. The van der Waals surface area contributed by atoms with E-state index in [4.69, 9.17) is 0 Å². The molecule has 0 saturated carbocycles. The first kappa shape index (κ1) is 46.9. The van der Waals surface area contributed by atoms with E-state index in [1.807, 2.05) is 24.3 Å². The minimum Gasteiger partial charge on any atom is -0.354 e. The molecule has 0 unspecified atom stereocenters. The SMILES string of the molecule is C[C@@H]1C[C@@H](c2ccc(C#N)c3ncccc23)CN(CC(=O)NCCN2CCN(C)CC2)C1.C[C@@H]1C[C@H](c2ccc(C#N)c3ncccc23)CN(CC(=O)NCCN2CCN(C)CC2)C1. The minimum absolute atomic E-state index is 0.110. The van der Waals surface area contributed by atoms with Gasteiger partial charge in [-0.15, -0.1) is 0 Å². The van der Waals surface area contributed by atoms with E-state index in [-0.39, 0.29) is 11.8 Å². The van der Waals surface area contributed by atoms with Crippen molar-refractivity contribution in [3.05, 3.63) is 83.2 Å². The van der Waals surface area contributed by atoms with Crippen molar-refractivity contribution in [3.63, 3.8) is 0 Å². The van der Waals surface area contributed by atoms with Crippen LogP contribution in [0.25, 0.3) is 21.8 Å². The van der Waals surface area contributed by atoms with Crippen LogP contribution in [-0.2, 0) is 9.59 Å². The van der Waals surface area contributed by atoms with Crippen molar-refractivity contribution in [2.45, 2.75) is 38.5 Å². The van der Waals surface area contributed by atoms with Crippen molar-refractivity contribution in [2.24, 2.45) is 11.8 Å². The quantitative estimate of drug-likeness (QED) is 0.213. The van der Waals surface area contributed by atoms with Gasteiger partial charge in [0, 0.05) is 128 Å². The average molecular weight is 869 g/mol. The van der Waals surface area contributed by atoms with E-state index < -0.39 is 0 Å². The zero-order valence-electron chi connectivity index (χ0n) is 38.5. The highest BCUT2D eigenvalue weighted by Gasteiger charge is 2.30. The highest BCUT2D eigenvalue weighted by Crippen LogP contribution is 2.36. The van der Waals surface area contributed by atoms with Crippen LogP contribution in [0.1, 0.15) is 60.8 Å². The molecule has 0 bridgehead atoms. The number of likely N-dealkylation sites (N-methyl/N-ethyl adjacent to an activating group) is 2. The zero-order chi connectivity index (χ0) is 45.0. The van der Waals surface area contributed by atoms with Crippen LogP contribution in [0.2, 0.25) is 0 Å². The maximum Gasteiger partial charge on any atom is 0.234 e. The number of piperazine rings is 2. The number of hydrogen-bond acceptors (Lipinski definition) is 12. The van der Waals surface area contributed by atoms with Crippen LogP contribution in [-0.4, -0.2) is 183 Å². The Kier molecular flexibility index (Phi) is 16.7. The van der Waals surface area contributed by atoms with Gasteiger partial charge in [0.25, 0.3) is 0 Å². The molecule has 14 heteroatoms. The molecule has 2 amide bonds. The second-order valence-corrected chi connectivity index (χ2v) is 18.9. The van der Waals surface area contributed by atoms with Crippen LogP contribution in [0, 0.1) is 34.5 Å². The predicted octanol–water partition coefficient (Wildman–Crippen LogP) is 3.79. The van der Waals surface area contributed by atoms with Gasteiger partial charge in [0.05, 0.1) is 35.2 Å². The summed E-state index contributed by atoms with van der Waals surface area (Å²) in [4.78, 5) is 48.3. The summed E-state index contributed by atoms with van der Waals surface area (Å²) >= 11 is 0. The van der Waals surface area contributed by atoms with Gasteiger partial charge in [-0.25, -0.2) is 0 Å². The number of amides is 2. The summed E-state index contributed by atoms with van der Waals surface area (Å²) in [5.41, 5.74) is 5.26. The number of nitriles is 2. The van der Waals surface area contributed by atoms with Crippen LogP contribution < -0.4 is 10.6 Å². The standard InChI is InChI=1S/2C25H34N6O/c2*1-19-14-21(22-6-5-20(15-26)25-23(22)4-3-7-28-25)17-31(16-19)18-24(32)27-8-9-30-12-10-29(2)11-13-30/h2*3-7,19,21H,8-14,16-18H2,1-2H3,(H,27,32)/t19-,21+;19-,21-/m11/s1. The number of carbonyl (C=O) groups excluding carboxylic acids is 2. The number of aromatic nitrogens is 2. The van der Waals surface area contributed by atoms with Crippen LogP contribution in [0.4, 0.5) is 0 Å². The number of piperidine rings is 2. The number of carbonyl (C=O) groups is 2. The Morgan fingerprint density at radius 3 is 1.39 bits per heavy atom. The molecule has 2 aromatic carbocycles. The van der Waals surface area contributed by atoms with E-state index in [1.165, 1.54) is 11.1 Å². The molecule has 0 spiro atoms. The molecule has 2 N–H and O–H groups in total. The first-order valence-electron chi connectivity index (χ1n) is 23.4. The van der Waals surface area contributed by atoms with Crippen LogP contribution in [0.3, 0.4) is 0 Å². The smallest absolute Gasteiger partial charge is 0.234 e. The van der Waals surface area contributed by atoms with E-state index in [9.17, 15) is 20.1 Å². The number of benzene rings is 2. The Bertz CT molecular complexity index is 2120. The topological polar surface area (TPSA) is 151 Å². The summed E-state index contributed by atoms with van der Waals surface area (Å²) in [6, 6.07) is 20.5. The van der Waals surface area contributed by atoms with Gasteiger partial charge < -0.3 is 20.4 Å². The monoisotopic (exact) mass is 869 g/mol. The molecule has 2 aromatic heterocycles. The molecule has 4 aliphatic rings. The van der Waals surface area contributed by atoms with Crippen LogP contribution >= 0.6 is 0 Å². The van der Waals surface area contributed by atoms with E-state index in [2.05, 4.69) is 114 Å². The average Bonchev–Trinajstić information content (AvgIpc) is 3.29. The molecule has 0 radical (unpaired) electrons. The summed E-state index contributed by atoms with van der Waals surface area (Å²) < 4.78 is 0. The molecule has 340 valence electrons. The lowest BCUT2D eigenvalue weighted by molar-refractivity contribution is -0.123. The summed E-state index contributed by atoms with van der Waals surface area (Å²) in [5.74, 6) is 1.90. The summed E-state index contributed by atoms with van der Waals surface area (Å²) in [6.07, 6.45) is 5.65. The van der Waals surface area contributed by atoms with Gasteiger partial charge in [0.1, 0.15) is 12.1 Å². The molecule has 64 heavy (non-hydrogen) atoms. The third-order valence-corrected chi connectivity index (χ3v) is 13.6. The molecule has 6 heterocycles. The number of rotatable bonds is 12. The lowest BCUT2D eigenvalue weighted by Gasteiger charge is -2.37. The molecule has 4 aliphatic heterocycles. The van der Waals surface area contributed by atoms with Gasteiger partial charge >= 0.3 is 0 Å². The van der Waals surface area contributed by atoms with Crippen LogP contribution in [0.15, 0.2) is 60.9 Å². The second kappa shape index (κ2) is 22.7. The third kappa shape index (κ3) is 12.6. The van der Waals surface area contributed by atoms with Crippen molar-refractivity contribution in [2.75, 3.05) is 132 Å². The fourth-order valence-corrected chi connectivity index (χ4v) is 10.3. The molecule has 4 aromatic rings. The molecular formula is C50H68N12O2. The van der Waals surface area contributed by atoms with Gasteiger partial charge in [0.15, 0.2) is 0 Å². The predicted molar refractivity (Wildman–Crippen MR) is 253 cm³/mol. The summed E-state index contributed by atoms with van der Waals surface area (Å²) in [6.45, 7) is 20.9. The first-order chi connectivity index (χ1) is 31.1. The Morgan fingerprint density at radius 2 is 1.00 bits per heavy atom. The van der Waals surface area contributed by atoms with Crippen molar-refractivity contribution in [1.82, 2.24) is 50.0 Å². The molecule has 4 atom stereocenters. The largest absolute Gasteiger partial charge is 0.354 e. The molecular weight excluding hydrogens is 801 g/mol. The van der Waals surface area contributed by atoms with E-state index in [0.717, 1.165) is 126 Å².